The van der Waals surface area contributed by atoms with Crippen molar-refractivity contribution in [3.05, 3.63) is 53.5 Å². The summed E-state index contributed by atoms with van der Waals surface area (Å²) in [4.78, 5) is 0. The van der Waals surface area contributed by atoms with E-state index in [1.165, 1.54) is 7.11 Å². The molecular weight excluding hydrogens is 176 g/mol. The zero-order chi connectivity index (χ0) is 10.2. The molecule has 0 spiro atoms. The second kappa shape index (κ2) is 3.02. The van der Waals surface area contributed by atoms with Gasteiger partial charge in [-0.25, -0.2) is 0 Å². The number of fused-ring (bicyclic) bond motifs is 1. The minimum atomic E-state index is -1.01. The van der Waals surface area contributed by atoms with E-state index in [0.29, 0.717) is 12.2 Å². The third kappa shape index (κ3) is 1.02. The van der Waals surface area contributed by atoms with Crippen LogP contribution in [0.2, 0.25) is 0 Å². The first kappa shape index (κ1) is 9.07. The highest BCUT2D eigenvalue weighted by atomic mass is 16.5. The molecule has 1 atom stereocenters. The Hall–Kier alpha value is -1.50. The Bertz CT molecular complexity index is 416. The first-order valence-corrected chi connectivity index (χ1v) is 4.47. The smallest absolute Gasteiger partial charge is 0.174 e. The van der Waals surface area contributed by atoms with Crippen molar-refractivity contribution in [3.8, 4) is 0 Å². The van der Waals surface area contributed by atoms with Crippen molar-refractivity contribution in [3.63, 3.8) is 0 Å². The molecule has 1 aromatic carbocycles. The largest absolute Gasteiger partial charge is 0.490 e. The van der Waals surface area contributed by atoms with Gasteiger partial charge in [0.25, 0.3) is 0 Å². The van der Waals surface area contributed by atoms with Crippen LogP contribution in [0, 0.1) is 0 Å². The maximum Gasteiger partial charge on any atom is 0.174 e. The minimum absolute atomic E-state index is 0.399. The summed E-state index contributed by atoms with van der Waals surface area (Å²) in [5.41, 5.74) is 3.67. The second-order valence-electron chi connectivity index (χ2n) is 3.40. The molecule has 1 N–H and O–H groups in total. The second-order valence-corrected chi connectivity index (χ2v) is 3.40. The molecule has 2 rings (SSSR count). The van der Waals surface area contributed by atoms with E-state index < -0.39 is 5.60 Å². The van der Waals surface area contributed by atoms with E-state index in [4.69, 9.17) is 4.74 Å². The van der Waals surface area contributed by atoms with Crippen LogP contribution in [0.1, 0.15) is 11.1 Å². The van der Waals surface area contributed by atoms with Crippen molar-refractivity contribution >= 4 is 0 Å². The number of hydrogen-bond acceptors (Lipinski definition) is 2. The first-order valence-electron chi connectivity index (χ1n) is 4.47. The van der Waals surface area contributed by atoms with Crippen LogP contribution in [0.25, 0.3) is 0 Å². The van der Waals surface area contributed by atoms with E-state index in [2.05, 4.69) is 12.3 Å². The summed E-state index contributed by atoms with van der Waals surface area (Å²) in [5.74, 6) is 0.399. The van der Waals surface area contributed by atoms with Crippen LogP contribution in [-0.4, -0.2) is 12.2 Å². The zero-order valence-corrected chi connectivity index (χ0v) is 8.08. The highest BCUT2D eigenvalue weighted by Crippen LogP contribution is 2.43. The number of rotatable bonds is 2. The van der Waals surface area contributed by atoms with Gasteiger partial charge in [-0.15, -0.1) is 0 Å². The molecule has 1 aromatic rings. The summed E-state index contributed by atoms with van der Waals surface area (Å²) in [6.07, 6.45) is 0.578. The van der Waals surface area contributed by atoms with Crippen molar-refractivity contribution in [2.45, 2.75) is 12.0 Å². The maximum atomic E-state index is 10.3. The van der Waals surface area contributed by atoms with Gasteiger partial charge in [-0.1, -0.05) is 36.6 Å². The van der Waals surface area contributed by atoms with Crippen LogP contribution < -0.4 is 0 Å². The quantitative estimate of drug-likeness (QED) is 0.566. The van der Waals surface area contributed by atoms with Crippen molar-refractivity contribution in [1.82, 2.24) is 0 Å². The maximum absolute atomic E-state index is 10.3. The van der Waals surface area contributed by atoms with E-state index in [-0.39, 0.29) is 0 Å². The van der Waals surface area contributed by atoms with E-state index in [9.17, 15) is 5.11 Å². The van der Waals surface area contributed by atoms with Gasteiger partial charge in [0.05, 0.1) is 7.11 Å². The average molecular weight is 188 g/mol. The Labute approximate surface area is 83.1 Å². The molecule has 0 saturated carbocycles. The van der Waals surface area contributed by atoms with Crippen LogP contribution in [0.5, 0.6) is 0 Å². The third-order valence-corrected chi connectivity index (χ3v) is 2.65. The summed E-state index contributed by atoms with van der Waals surface area (Å²) >= 11 is 0. The Balaban J connectivity index is 2.46. The van der Waals surface area contributed by atoms with Crippen LogP contribution in [-0.2, 0) is 16.8 Å². The van der Waals surface area contributed by atoms with E-state index in [1.807, 2.05) is 24.3 Å². The molecule has 1 aliphatic rings. The Morgan fingerprint density at radius 3 is 2.86 bits per heavy atom. The predicted octanol–water partition coefficient (Wildman–Crippen LogP) is 1.75. The molecule has 1 aliphatic carbocycles. The van der Waals surface area contributed by atoms with E-state index >= 15 is 0 Å². The fourth-order valence-corrected chi connectivity index (χ4v) is 1.93. The van der Waals surface area contributed by atoms with Gasteiger partial charge in [-0.05, 0) is 11.1 Å². The van der Waals surface area contributed by atoms with E-state index in [1.54, 1.807) is 0 Å². The number of ether oxygens (including phenoxy) is 1. The lowest BCUT2D eigenvalue weighted by Gasteiger charge is -2.39. The monoisotopic (exact) mass is 188 g/mol. The normalized spacial score (nSPS) is 23.0. The Kier molecular flexibility index (Phi) is 1.95. The summed E-state index contributed by atoms with van der Waals surface area (Å²) in [6.45, 7) is 3.51. The highest BCUT2D eigenvalue weighted by molar-refractivity contribution is 5.47. The molecule has 2 nitrogen and oxygen atoms in total. The van der Waals surface area contributed by atoms with Gasteiger partial charge in [0, 0.05) is 6.42 Å². The van der Waals surface area contributed by atoms with Crippen molar-refractivity contribution in [2.75, 3.05) is 7.11 Å². The summed E-state index contributed by atoms with van der Waals surface area (Å²) in [7, 11) is 1.52. The highest BCUT2D eigenvalue weighted by Gasteiger charge is 2.45. The van der Waals surface area contributed by atoms with Crippen molar-refractivity contribution in [2.24, 2.45) is 0 Å². The molecule has 0 aromatic heterocycles. The molecule has 0 unspecified atom stereocenters. The number of hydrogen-bond donors (Lipinski definition) is 1. The summed E-state index contributed by atoms with van der Waals surface area (Å²) in [5, 5.41) is 10.3. The molecule has 0 aliphatic heterocycles. The lowest BCUT2D eigenvalue weighted by molar-refractivity contribution is -0.000550. The number of methoxy groups -OCH3 is 1. The van der Waals surface area contributed by atoms with E-state index in [0.717, 1.165) is 11.1 Å². The predicted molar refractivity (Wildman–Crippen MR) is 53.7 cm³/mol. The van der Waals surface area contributed by atoms with Gasteiger partial charge in [0.1, 0.15) is 0 Å². The number of aliphatic hydroxyl groups is 1. The molecule has 0 amide bonds. The van der Waals surface area contributed by atoms with Gasteiger partial charge in [0.15, 0.2) is 11.4 Å². The standard InChI is InChI=1S/C12H12O2/c1-3-11(14-2)12(13)8-9-6-4-5-7-10(9)12/h4-7,13H,1,8H2,2H3/t12-/m1/s1. The molecule has 14 heavy (non-hydrogen) atoms. The average Bonchev–Trinajstić information content (AvgIpc) is 2.18. The first-order chi connectivity index (χ1) is 6.72. The fourth-order valence-electron chi connectivity index (χ4n) is 1.93. The molecule has 0 fully saturated rings. The molecule has 72 valence electrons. The third-order valence-electron chi connectivity index (χ3n) is 2.65. The molecular formula is C12H12O2. The lowest BCUT2D eigenvalue weighted by atomic mass is 9.72. The Morgan fingerprint density at radius 1 is 1.57 bits per heavy atom. The van der Waals surface area contributed by atoms with Gasteiger partial charge < -0.3 is 9.84 Å². The molecule has 0 saturated heterocycles. The molecule has 0 bridgehead atoms. The van der Waals surface area contributed by atoms with Crippen LogP contribution in [0.3, 0.4) is 0 Å². The Morgan fingerprint density at radius 2 is 2.29 bits per heavy atom. The topological polar surface area (TPSA) is 29.5 Å². The number of benzene rings is 1. The molecule has 0 heterocycles. The summed E-state index contributed by atoms with van der Waals surface area (Å²) in [6, 6.07) is 7.76. The molecule has 0 radical (unpaired) electrons. The summed E-state index contributed by atoms with van der Waals surface area (Å²) < 4.78 is 5.06. The van der Waals surface area contributed by atoms with Gasteiger partial charge >= 0.3 is 0 Å². The van der Waals surface area contributed by atoms with Crippen LogP contribution in [0.15, 0.2) is 42.3 Å². The fraction of sp³-hybridized carbons (Fsp3) is 0.250. The van der Waals surface area contributed by atoms with Gasteiger partial charge in [-0.3, -0.25) is 0 Å². The SMILES string of the molecule is C=C=C(OC)[C@@]1(O)Cc2ccccc21. The van der Waals surface area contributed by atoms with Crippen molar-refractivity contribution < 1.29 is 9.84 Å². The molecule has 2 heteroatoms. The lowest BCUT2D eigenvalue weighted by Crippen LogP contribution is -2.40. The van der Waals surface area contributed by atoms with Gasteiger partial charge in [-0.2, -0.15) is 0 Å². The van der Waals surface area contributed by atoms with Crippen LogP contribution >= 0.6 is 0 Å². The zero-order valence-electron chi connectivity index (χ0n) is 8.08. The van der Waals surface area contributed by atoms with Crippen molar-refractivity contribution in [1.29, 1.82) is 0 Å². The van der Waals surface area contributed by atoms with Crippen LogP contribution in [0.4, 0.5) is 0 Å². The minimum Gasteiger partial charge on any atom is -0.490 e. The van der Waals surface area contributed by atoms with Gasteiger partial charge in [0.2, 0.25) is 0 Å².